The zero-order valence-corrected chi connectivity index (χ0v) is 21.1. The minimum Gasteiger partial charge on any atom is -0.495 e. The van der Waals surface area contributed by atoms with Gasteiger partial charge in [-0.3, -0.25) is 0 Å². The average Bonchev–Trinajstić information content (AvgIpc) is 2.74. The van der Waals surface area contributed by atoms with Crippen molar-refractivity contribution >= 4 is 21.7 Å². The number of nitrogens with zero attached hydrogens (tertiary/aromatic N) is 3. The quantitative estimate of drug-likeness (QED) is 0.449. The lowest BCUT2D eigenvalue weighted by Crippen LogP contribution is -2.14. The first-order valence-electron chi connectivity index (χ1n) is 10.8. The number of nitrogens with one attached hydrogen (secondary N) is 1. The summed E-state index contributed by atoms with van der Waals surface area (Å²) in [7, 11) is -3.63. The molecule has 0 aliphatic carbocycles. The van der Waals surface area contributed by atoms with Gasteiger partial charge in [0.2, 0.25) is 16.0 Å². The third-order valence-electron chi connectivity index (χ3n) is 3.44. The number of allylic oxidation sites excluding steroid dienone is 3. The maximum Gasteiger partial charge on any atom is 0.230 e. The van der Waals surface area contributed by atoms with Gasteiger partial charge in [-0.05, 0) is 37.6 Å². The van der Waals surface area contributed by atoms with Crippen LogP contribution in [-0.4, -0.2) is 29.5 Å². The van der Waals surface area contributed by atoms with Crippen LogP contribution in [0.3, 0.4) is 0 Å². The lowest BCUT2D eigenvalue weighted by molar-refractivity contribution is 0.141. The van der Waals surface area contributed by atoms with Gasteiger partial charge in [0.15, 0.2) is 0 Å². The molecule has 1 aromatic heterocycles. The molecule has 3 N–H and O–H groups in total. The molecule has 0 saturated carbocycles. The van der Waals surface area contributed by atoms with E-state index >= 15 is 0 Å². The second-order valence-electron chi connectivity index (χ2n) is 6.59. The van der Waals surface area contributed by atoms with Gasteiger partial charge in [0.05, 0.1) is 24.1 Å². The van der Waals surface area contributed by atoms with E-state index in [4.69, 9.17) is 9.88 Å². The molecule has 0 aliphatic heterocycles. The summed E-state index contributed by atoms with van der Waals surface area (Å²) < 4.78 is 41.2. The fourth-order valence-corrected chi connectivity index (χ4v) is 3.07. The smallest absolute Gasteiger partial charge is 0.230 e. The van der Waals surface area contributed by atoms with Crippen molar-refractivity contribution in [1.82, 2.24) is 15.0 Å². The first kappa shape index (κ1) is 30.1. The van der Waals surface area contributed by atoms with Crippen LogP contribution in [0.15, 0.2) is 54.8 Å². The number of sulfonamides is 1. The van der Waals surface area contributed by atoms with E-state index in [1.54, 1.807) is 30.3 Å². The lowest BCUT2D eigenvalue weighted by Gasteiger charge is -2.13. The number of anilines is 2. The molecular weight excluding hydrogens is 445 g/mol. The van der Waals surface area contributed by atoms with E-state index in [1.165, 1.54) is 6.33 Å². The zero-order chi connectivity index (χ0) is 25.4. The van der Waals surface area contributed by atoms with Crippen LogP contribution >= 0.6 is 0 Å². The van der Waals surface area contributed by atoms with Crippen LogP contribution in [0.2, 0.25) is 0 Å². The molecule has 0 radical (unpaired) electrons. The summed E-state index contributed by atoms with van der Waals surface area (Å²) in [6.07, 6.45) is 3.18. The molecule has 0 spiro atoms. The Bertz CT molecular complexity index is 995. The van der Waals surface area contributed by atoms with Gasteiger partial charge in [0, 0.05) is 12.1 Å². The monoisotopic (exact) mass is 481 g/mol. The molecule has 1 aromatic carbocycles. The highest BCUT2D eigenvalue weighted by atomic mass is 32.2. The van der Waals surface area contributed by atoms with Gasteiger partial charge in [-0.1, -0.05) is 46.4 Å². The van der Waals surface area contributed by atoms with Crippen molar-refractivity contribution in [3.63, 3.8) is 0 Å². The number of rotatable bonds is 10. The Balaban J connectivity index is 0.00000242. The molecule has 0 amide bonds. The van der Waals surface area contributed by atoms with E-state index in [-0.39, 0.29) is 30.6 Å². The molecule has 8 nitrogen and oxygen atoms in total. The molecule has 2 aromatic rings. The maximum absolute atomic E-state index is 13.0. The molecular formula is C23H36FN5O3S. The predicted octanol–water partition coefficient (Wildman–Crippen LogP) is 5.18. The average molecular weight is 482 g/mol. The number of benzene rings is 1. The molecule has 2 rings (SSSR count). The van der Waals surface area contributed by atoms with Crippen LogP contribution in [0.25, 0.3) is 0 Å². The van der Waals surface area contributed by atoms with Gasteiger partial charge >= 0.3 is 0 Å². The normalized spacial score (nSPS) is 11.0. The Labute approximate surface area is 197 Å². The summed E-state index contributed by atoms with van der Waals surface area (Å²) >= 11 is 0. The molecule has 0 atom stereocenters. The third-order valence-corrected chi connectivity index (χ3v) is 4.18. The number of hydrogen-bond acceptors (Lipinski definition) is 7. The predicted molar refractivity (Wildman–Crippen MR) is 132 cm³/mol. The number of halogens is 1. The van der Waals surface area contributed by atoms with Gasteiger partial charge in [-0.2, -0.15) is 4.98 Å². The minimum atomic E-state index is -3.63. The highest BCUT2D eigenvalue weighted by molar-refractivity contribution is 7.88. The second-order valence-corrected chi connectivity index (χ2v) is 8.21. The Morgan fingerprint density at radius 3 is 2.48 bits per heavy atom. The van der Waals surface area contributed by atoms with Crippen LogP contribution in [0.5, 0.6) is 0 Å². The lowest BCUT2D eigenvalue weighted by atomic mass is 10.2. The largest absolute Gasteiger partial charge is 0.495 e. The van der Waals surface area contributed by atoms with Gasteiger partial charge < -0.3 is 10.1 Å². The molecule has 33 heavy (non-hydrogen) atoms. The Kier molecular flexibility index (Phi) is 14.5. The molecule has 0 fully saturated rings. The number of primary sulfonamides is 1. The van der Waals surface area contributed by atoms with Crippen molar-refractivity contribution in [1.29, 1.82) is 0 Å². The highest BCUT2D eigenvalue weighted by Gasteiger charge is 2.10. The fourth-order valence-electron chi connectivity index (χ4n) is 2.42. The maximum atomic E-state index is 13.0. The van der Waals surface area contributed by atoms with Crippen LogP contribution in [0.4, 0.5) is 16.0 Å². The number of nitrogens with two attached hydrogens (primary N) is 1. The van der Waals surface area contributed by atoms with Crippen molar-refractivity contribution in [2.45, 2.75) is 66.2 Å². The second kappa shape index (κ2) is 15.9. The molecule has 0 aliphatic rings. The van der Waals surface area contributed by atoms with Crippen molar-refractivity contribution in [2.75, 3.05) is 5.32 Å². The van der Waals surface area contributed by atoms with E-state index in [0.29, 0.717) is 22.8 Å². The summed E-state index contributed by atoms with van der Waals surface area (Å²) in [5.41, 5.74) is 1.14. The van der Waals surface area contributed by atoms with Gasteiger partial charge in [0.1, 0.15) is 17.9 Å². The van der Waals surface area contributed by atoms with Gasteiger partial charge in [0.25, 0.3) is 0 Å². The first-order chi connectivity index (χ1) is 15.6. The van der Waals surface area contributed by atoms with E-state index < -0.39 is 15.9 Å². The Morgan fingerprint density at radius 1 is 1.24 bits per heavy atom. The topological polar surface area (TPSA) is 120 Å². The van der Waals surface area contributed by atoms with E-state index in [1.807, 2.05) is 41.5 Å². The molecule has 0 bridgehead atoms. The number of hydrogen-bond donors (Lipinski definition) is 2. The third kappa shape index (κ3) is 14.0. The Hall–Kier alpha value is -2.85. The van der Waals surface area contributed by atoms with Crippen molar-refractivity contribution in [3.8, 4) is 0 Å². The molecule has 10 heteroatoms. The summed E-state index contributed by atoms with van der Waals surface area (Å²) in [4.78, 5) is 12.5. The molecule has 0 saturated heterocycles. The van der Waals surface area contributed by atoms with Crippen LogP contribution in [-0.2, 0) is 26.9 Å². The summed E-state index contributed by atoms with van der Waals surface area (Å²) in [5.74, 6) is 0.505. The van der Waals surface area contributed by atoms with E-state index in [2.05, 4.69) is 26.8 Å². The van der Waals surface area contributed by atoms with Crippen LogP contribution in [0.1, 0.15) is 59.4 Å². The van der Waals surface area contributed by atoms with Crippen molar-refractivity contribution in [2.24, 2.45) is 5.14 Å². The standard InChI is InChI=1S/C19H24FN5O3S.2C2H6/c1-13(2)28-17(8-7-14(3)20)10-18-22-12-23-19(25-18)24-16-6-4-5-15(9-16)11-29(21,26)27;2*1-2/h4-6,8-9,12-13H,3,7,10-11H2,1-2H3,(H2,21,26,27)(H,22,23,24,25);2*1-2H3/b17-8+;;. The summed E-state index contributed by atoms with van der Waals surface area (Å²) in [5, 5.41) is 8.09. The summed E-state index contributed by atoms with van der Waals surface area (Å²) in [6.45, 7) is 15.0. The fraction of sp³-hybridized carbons (Fsp3) is 0.435. The molecule has 0 unspecified atom stereocenters. The van der Waals surface area contributed by atoms with Gasteiger partial charge in [-0.15, -0.1) is 0 Å². The van der Waals surface area contributed by atoms with Crippen molar-refractivity contribution in [3.05, 3.63) is 66.2 Å². The van der Waals surface area contributed by atoms with Crippen LogP contribution < -0.4 is 10.5 Å². The summed E-state index contributed by atoms with van der Waals surface area (Å²) in [6, 6.07) is 6.75. The SMILES string of the molecule is C=C(F)C/C=C(\Cc1ncnc(Nc2cccc(CS(N)(=O)=O)c2)n1)OC(C)C.CC.CC. The minimum absolute atomic E-state index is 0.0507. The molecule has 1 heterocycles. The zero-order valence-electron chi connectivity index (χ0n) is 20.3. The Morgan fingerprint density at radius 2 is 1.91 bits per heavy atom. The van der Waals surface area contributed by atoms with Crippen molar-refractivity contribution < 1.29 is 17.5 Å². The van der Waals surface area contributed by atoms with E-state index in [0.717, 1.165) is 0 Å². The first-order valence-corrected chi connectivity index (χ1v) is 12.6. The number of ether oxygens (including phenoxy) is 1. The van der Waals surface area contributed by atoms with E-state index in [9.17, 15) is 12.8 Å². The highest BCUT2D eigenvalue weighted by Crippen LogP contribution is 2.17. The van der Waals surface area contributed by atoms with Crippen LogP contribution in [0, 0.1) is 0 Å². The molecule has 184 valence electrons. The number of aromatic nitrogens is 3. The van der Waals surface area contributed by atoms with Gasteiger partial charge in [-0.25, -0.2) is 27.9 Å².